The number of nitrogens with one attached hydrogen (secondary N) is 1. The van der Waals surface area contributed by atoms with Gasteiger partial charge in [-0.2, -0.15) is 26.3 Å². The van der Waals surface area contributed by atoms with Gasteiger partial charge in [-0.15, -0.1) is 0 Å². The Balaban J connectivity index is 1.45. The van der Waals surface area contributed by atoms with E-state index in [4.69, 9.17) is 4.74 Å². The molecule has 2 unspecified atom stereocenters. The molecule has 1 aromatic heterocycles. The molecule has 13 heteroatoms. The highest BCUT2D eigenvalue weighted by Crippen LogP contribution is 2.38. The quantitative estimate of drug-likeness (QED) is 0.504. The molecule has 2 atom stereocenters. The van der Waals surface area contributed by atoms with Crippen LogP contribution in [0.1, 0.15) is 42.3 Å². The zero-order chi connectivity index (χ0) is 28.0. The maximum Gasteiger partial charge on any atom is 0.416 e. The number of carbonyl (C=O) groups excluding carboxylic acids is 2. The van der Waals surface area contributed by atoms with Crippen molar-refractivity contribution in [2.24, 2.45) is 11.8 Å². The van der Waals surface area contributed by atoms with Crippen molar-refractivity contribution in [1.29, 1.82) is 0 Å². The number of hydrogen-bond acceptors (Lipinski definition) is 5. The third-order valence-electron chi connectivity index (χ3n) is 6.33. The van der Waals surface area contributed by atoms with Crippen LogP contribution in [0.2, 0.25) is 0 Å². The Labute approximate surface area is 214 Å². The highest BCUT2D eigenvalue weighted by atomic mass is 19.4. The number of ether oxygens (including phenoxy) is 1. The zero-order valence-corrected chi connectivity index (χ0v) is 20.8. The first-order chi connectivity index (χ1) is 17.5. The number of hydrogen-bond donors (Lipinski definition) is 1. The largest absolute Gasteiger partial charge is 0.444 e. The van der Waals surface area contributed by atoms with E-state index in [9.17, 15) is 35.9 Å². The van der Waals surface area contributed by atoms with Crippen molar-refractivity contribution in [1.82, 2.24) is 9.88 Å². The fourth-order valence-corrected chi connectivity index (χ4v) is 4.63. The molecule has 4 rings (SSSR count). The molecule has 3 heterocycles. The van der Waals surface area contributed by atoms with Crippen LogP contribution in [0.3, 0.4) is 0 Å². The fourth-order valence-electron chi connectivity index (χ4n) is 4.63. The van der Waals surface area contributed by atoms with Gasteiger partial charge < -0.3 is 19.9 Å². The van der Waals surface area contributed by atoms with Crippen LogP contribution in [0.15, 0.2) is 36.7 Å². The summed E-state index contributed by atoms with van der Waals surface area (Å²) in [6.45, 7) is 7.58. The van der Waals surface area contributed by atoms with E-state index < -0.39 is 40.7 Å². The molecule has 2 amide bonds. The number of carbonyl (C=O) groups is 2. The predicted octanol–water partition coefficient (Wildman–Crippen LogP) is 5.67. The van der Waals surface area contributed by atoms with E-state index in [0.717, 1.165) is 0 Å². The molecule has 0 aliphatic carbocycles. The molecule has 2 fully saturated rings. The number of likely N-dealkylation sites (tertiary alicyclic amines) is 1. The SMILES string of the molecule is CC(C)(C)OC(=O)N1CC2CN(c3cncc(C(=O)Nc4cc(C(F)(F)F)cc(C(F)(F)F)c4)c3)CC2C1. The van der Waals surface area contributed by atoms with Crippen molar-refractivity contribution < 1.29 is 40.7 Å². The summed E-state index contributed by atoms with van der Waals surface area (Å²) in [4.78, 5) is 32.8. The number of alkyl halides is 6. The molecule has 206 valence electrons. The number of anilines is 2. The van der Waals surface area contributed by atoms with Gasteiger partial charge in [0.15, 0.2) is 0 Å². The minimum Gasteiger partial charge on any atom is -0.444 e. The smallest absolute Gasteiger partial charge is 0.416 e. The maximum atomic E-state index is 13.1. The number of fused-ring (bicyclic) bond motifs is 1. The molecule has 2 saturated heterocycles. The third kappa shape index (κ3) is 6.30. The normalized spacial score (nSPS) is 19.9. The summed E-state index contributed by atoms with van der Waals surface area (Å²) in [5.74, 6) is -0.556. The Bertz CT molecular complexity index is 1180. The van der Waals surface area contributed by atoms with Crippen molar-refractivity contribution in [3.05, 3.63) is 53.3 Å². The van der Waals surface area contributed by atoms with Crippen LogP contribution in [-0.2, 0) is 17.1 Å². The molecule has 1 N–H and O–H groups in total. The molecule has 0 saturated carbocycles. The highest BCUT2D eigenvalue weighted by molar-refractivity contribution is 6.04. The zero-order valence-electron chi connectivity index (χ0n) is 20.8. The molecule has 0 radical (unpaired) electrons. The van der Waals surface area contributed by atoms with Crippen molar-refractivity contribution in [2.45, 2.75) is 38.7 Å². The van der Waals surface area contributed by atoms with Gasteiger partial charge in [0.2, 0.25) is 0 Å². The first-order valence-corrected chi connectivity index (χ1v) is 11.8. The number of rotatable bonds is 3. The number of nitrogens with zero attached hydrogens (tertiary/aromatic N) is 3. The summed E-state index contributed by atoms with van der Waals surface area (Å²) in [5.41, 5.74) is -3.75. The van der Waals surface area contributed by atoms with Gasteiger partial charge in [-0.05, 0) is 45.0 Å². The number of amides is 2. The minimum absolute atomic E-state index is 0.00792. The van der Waals surface area contributed by atoms with Crippen molar-refractivity contribution in [3.63, 3.8) is 0 Å². The van der Waals surface area contributed by atoms with Gasteiger partial charge in [0.05, 0.1) is 28.6 Å². The third-order valence-corrected chi connectivity index (χ3v) is 6.33. The van der Waals surface area contributed by atoms with E-state index in [2.05, 4.69) is 10.3 Å². The lowest BCUT2D eigenvalue weighted by Crippen LogP contribution is -2.37. The van der Waals surface area contributed by atoms with E-state index >= 15 is 0 Å². The van der Waals surface area contributed by atoms with Gasteiger partial charge in [0.25, 0.3) is 5.91 Å². The summed E-state index contributed by atoms with van der Waals surface area (Å²) >= 11 is 0. The molecule has 2 aromatic rings. The minimum atomic E-state index is -5.03. The van der Waals surface area contributed by atoms with E-state index in [0.29, 0.717) is 44.0 Å². The molecule has 2 aliphatic heterocycles. The van der Waals surface area contributed by atoms with Crippen LogP contribution in [0.4, 0.5) is 42.5 Å². The summed E-state index contributed by atoms with van der Waals surface area (Å²) in [7, 11) is 0. The molecule has 0 bridgehead atoms. The monoisotopic (exact) mass is 544 g/mol. The van der Waals surface area contributed by atoms with Crippen LogP contribution in [0, 0.1) is 11.8 Å². The average molecular weight is 544 g/mol. The Kier molecular flexibility index (Phi) is 7.00. The second-order valence-corrected chi connectivity index (χ2v) is 10.5. The van der Waals surface area contributed by atoms with Crippen LogP contribution in [0.5, 0.6) is 0 Å². The molecular weight excluding hydrogens is 518 g/mol. The topological polar surface area (TPSA) is 74.8 Å². The maximum absolute atomic E-state index is 13.1. The number of aromatic nitrogens is 1. The Hall–Kier alpha value is -3.51. The molecule has 0 spiro atoms. The van der Waals surface area contributed by atoms with Crippen molar-refractivity contribution >= 4 is 23.4 Å². The van der Waals surface area contributed by atoms with Crippen LogP contribution >= 0.6 is 0 Å². The van der Waals surface area contributed by atoms with Gasteiger partial charge in [-0.25, -0.2) is 4.79 Å². The lowest BCUT2D eigenvalue weighted by atomic mass is 10.0. The molecule has 1 aromatic carbocycles. The van der Waals surface area contributed by atoms with Gasteiger partial charge in [-0.1, -0.05) is 0 Å². The second kappa shape index (κ2) is 9.66. The Morgan fingerprint density at radius 1 is 0.868 bits per heavy atom. The van der Waals surface area contributed by atoms with Crippen LogP contribution in [-0.4, -0.2) is 53.7 Å². The lowest BCUT2D eigenvalue weighted by molar-refractivity contribution is -0.143. The van der Waals surface area contributed by atoms with E-state index in [-0.39, 0.29) is 29.6 Å². The van der Waals surface area contributed by atoms with Gasteiger partial charge in [-0.3, -0.25) is 9.78 Å². The van der Waals surface area contributed by atoms with E-state index in [1.807, 2.05) is 4.90 Å². The number of pyridine rings is 1. The average Bonchev–Trinajstić information content (AvgIpc) is 3.36. The molecule has 2 aliphatic rings. The van der Waals surface area contributed by atoms with E-state index in [1.54, 1.807) is 25.7 Å². The molecule has 7 nitrogen and oxygen atoms in total. The first-order valence-electron chi connectivity index (χ1n) is 11.8. The Morgan fingerprint density at radius 3 is 1.92 bits per heavy atom. The number of benzene rings is 1. The summed E-state index contributed by atoms with van der Waals surface area (Å²) in [6.07, 6.45) is -7.74. The molecular formula is C25H26F6N4O3. The van der Waals surface area contributed by atoms with Gasteiger partial charge in [0.1, 0.15) is 5.60 Å². The summed E-state index contributed by atoms with van der Waals surface area (Å²) in [5, 5.41) is 2.12. The summed E-state index contributed by atoms with van der Waals surface area (Å²) in [6, 6.07) is 2.37. The first kappa shape index (κ1) is 27.5. The predicted molar refractivity (Wildman–Crippen MR) is 126 cm³/mol. The lowest BCUT2D eigenvalue weighted by Gasteiger charge is -2.26. The number of halogens is 6. The Morgan fingerprint density at radius 2 is 1.42 bits per heavy atom. The summed E-state index contributed by atoms with van der Waals surface area (Å²) < 4.78 is 84.3. The highest BCUT2D eigenvalue weighted by Gasteiger charge is 2.43. The van der Waals surface area contributed by atoms with Crippen LogP contribution < -0.4 is 10.2 Å². The molecule has 38 heavy (non-hydrogen) atoms. The van der Waals surface area contributed by atoms with Gasteiger partial charge >= 0.3 is 18.4 Å². The van der Waals surface area contributed by atoms with E-state index in [1.165, 1.54) is 18.5 Å². The van der Waals surface area contributed by atoms with Crippen molar-refractivity contribution in [2.75, 3.05) is 36.4 Å². The van der Waals surface area contributed by atoms with Crippen molar-refractivity contribution in [3.8, 4) is 0 Å². The van der Waals surface area contributed by atoms with Gasteiger partial charge in [0, 0.05) is 49.9 Å². The van der Waals surface area contributed by atoms with Crippen LogP contribution in [0.25, 0.3) is 0 Å². The second-order valence-electron chi connectivity index (χ2n) is 10.5. The standard InChI is InChI=1S/C25H26F6N4O3/c1-23(2,3)38-22(37)35-12-15-10-34(11-16(15)13-35)20-4-14(8-32-9-20)21(36)33-19-6-17(24(26,27)28)5-18(7-19)25(29,30)31/h4-9,15-16H,10-13H2,1-3H3,(H,33,36). The fraction of sp³-hybridized carbons (Fsp3) is 0.480.